The number of hydrogen-bond donors (Lipinski definition) is 0. The van der Waals surface area contributed by atoms with Crippen LogP contribution in [0.1, 0.15) is 50.9 Å². The number of ether oxygens (including phenoxy) is 1. The molecule has 0 fully saturated rings. The molecule has 2 aromatic rings. The second-order valence-corrected chi connectivity index (χ2v) is 8.47. The largest absolute Gasteiger partial charge is 0.456 e. The molecule has 2 rings (SSSR count). The molecule has 0 aliphatic heterocycles. The predicted octanol–water partition coefficient (Wildman–Crippen LogP) is 3.65. The van der Waals surface area contributed by atoms with Crippen LogP contribution in [0.15, 0.2) is 33.3 Å². The maximum absolute atomic E-state index is 12.2. The fraction of sp³-hybridized carbons (Fsp3) is 0.500. The summed E-state index contributed by atoms with van der Waals surface area (Å²) < 4.78 is 11.2. The summed E-state index contributed by atoms with van der Waals surface area (Å²) in [7, 11) is 1.68. The molecule has 0 bridgehead atoms. The molecule has 28 heavy (non-hydrogen) atoms. The van der Waals surface area contributed by atoms with E-state index in [9.17, 15) is 9.59 Å². The smallest absolute Gasteiger partial charge is 0.306 e. The van der Waals surface area contributed by atoms with Gasteiger partial charge in [0, 0.05) is 36.3 Å². The number of likely N-dealkylation sites (N-methyl/N-ethyl adjacent to an activating group) is 1. The van der Waals surface area contributed by atoms with Gasteiger partial charge in [-0.05, 0) is 18.1 Å². The number of hydrogen-bond acceptors (Lipinski definition) is 6. The standard InChI is InChI=1S/C20H26BrN3O4/c1-20(2,3)19-22-16(28-23-19)10-7-11-18(26)27-13-17(25)24(4)12-14-8-5-6-9-15(14)21/h5-6,8-9H,7,10-13H2,1-4H3. The molecule has 0 N–H and O–H groups in total. The highest BCUT2D eigenvalue weighted by Crippen LogP contribution is 2.19. The van der Waals surface area contributed by atoms with Crippen LogP contribution in [-0.4, -0.2) is 40.6 Å². The minimum atomic E-state index is -0.418. The van der Waals surface area contributed by atoms with Crippen molar-refractivity contribution in [1.82, 2.24) is 15.0 Å². The molecule has 0 aliphatic rings. The average Bonchev–Trinajstić information content (AvgIpc) is 3.11. The highest BCUT2D eigenvalue weighted by molar-refractivity contribution is 9.10. The van der Waals surface area contributed by atoms with Gasteiger partial charge >= 0.3 is 5.97 Å². The van der Waals surface area contributed by atoms with Crippen LogP contribution in [0, 0.1) is 0 Å². The van der Waals surface area contributed by atoms with E-state index >= 15 is 0 Å². The van der Waals surface area contributed by atoms with E-state index in [-0.39, 0.29) is 24.3 Å². The van der Waals surface area contributed by atoms with Crippen LogP contribution in [0.3, 0.4) is 0 Å². The number of halogens is 1. The zero-order valence-corrected chi connectivity index (χ0v) is 18.3. The normalized spacial score (nSPS) is 11.3. The zero-order valence-electron chi connectivity index (χ0n) is 16.7. The topological polar surface area (TPSA) is 85.5 Å². The number of carbonyl (C=O) groups excluding carboxylic acids is 2. The zero-order chi connectivity index (χ0) is 20.7. The van der Waals surface area contributed by atoms with Crippen molar-refractivity contribution >= 4 is 27.8 Å². The van der Waals surface area contributed by atoms with Crippen molar-refractivity contribution in [2.45, 2.75) is 52.0 Å². The van der Waals surface area contributed by atoms with Crippen molar-refractivity contribution in [2.75, 3.05) is 13.7 Å². The first-order valence-electron chi connectivity index (χ1n) is 9.13. The van der Waals surface area contributed by atoms with Gasteiger partial charge in [-0.15, -0.1) is 0 Å². The van der Waals surface area contributed by atoms with Crippen LogP contribution < -0.4 is 0 Å². The number of amides is 1. The molecule has 1 aromatic carbocycles. The third-order valence-corrected chi connectivity index (χ3v) is 4.83. The maximum Gasteiger partial charge on any atom is 0.306 e. The minimum Gasteiger partial charge on any atom is -0.456 e. The van der Waals surface area contributed by atoms with Crippen molar-refractivity contribution in [3.8, 4) is 0 Å². The summed E-state index contributed by atoms with van der Waals surface area (Å²) in [5.41, 5.74) is 0.807. The highest BCUT2D eigenvalue weighted by Gasteiger charge is 2.21. The molecule has 0 atom stereocenters. The lowest BCUT2D eigenvalue weighted by Gasteiger charge is -2.18. The van der Waals surface area contributed by atoms with Crippen LogP contribution in [-0.2, 0) is 32.7 Å². The SMILES string of the molecule is CN(Cc1ccccc1Br)C(=O)COC(=O)CCCc1nc(C(C)(C)C)no1. The van der Waals surface area contributed by atoms with Crippen molar-refractivity contribution in [2.24, 2.45) is 0 Å². The Kier molecular flexibility index (Phi) is 7.74. The van der Waals surface area contributed by atoms with Gasteiger partial charge in [-0.2, -0.15) is 4.98 Å². The second-order valence-electron chi connectivity index (χ2n) is 7.62. The molecule has 0 aliphatic carbocycles. The maximum atomic E-state index is 12.2. The first-order chi connectivity index (χ1) is 13.2. The summed E-state index contributed by atoms with van der Waals surface area (Å²) in [6, 6.07) is 7.67. The first kappa shape index (κ1) is 22.1. The molecule has 1 heterocycles. The van der Waals surface area contributed by atoms with E-state index in [1.807, 2.05) is 45.0 Å². The molecule has 8 heteroatoms. The average molecular weight is 452 g/mol. The Bertz CT molecular complexity index is 814. The Morgan fingerprint density at radius 3 is 2.61 bits per heavy atom. The fourth-order valence-electron chi connectivity index (χ4n) is 2.34. The fourth-order valence-corrected chi connectivity index (χ4v) is 2.75. The minimum absolute atomic E-state index is 0.178. The first-order valence-corrected chi connectivity index (χ1v) is 9.92. The molecule has 0 saturated heterocycles. The van der Waals surface area contributed by atoms with Gasteiger partial charge < -0.3 is 14.2 Å². The van der Waals surface area contributed by atoms with Crippen molar-refractivity contribution in [1.29, 1.82) is 0 Å². The summed E-state index contributed by atoms with van der Waals surface area (Å²) in [6.07, 6.45) is 1.20. The van der Waals surface area contributed by atoms with E-state index in [1.165, 1.54) is 4.90 Å². The quantitative estimate of drug-likeness (QED) is 0.569. The lowest BCUT2D eigenvalue weighted by atomic mass is 9.96. The summed E-state index contributed by atoms with van der Waals surface area (Å²) >= 11 is 3.46. The van der Waals surface area contributed by atoms with E-state index < -0.39 is 5.97 Å². The van der Waals surface area contributed by atoms with Gasteiger partial charge in [-0.1, -0.05) is 60.1 Å². The molecule has 7 nitrogen and oxygen atoms in total. The molecule has 0 spiro atoms. The number of esters is 1. The Morgan fingerprint density at radius 1 is 1.25 bits per heavy atom. The van der Waals surface area contributed by atoms with E-state index in [2.05, 4.69) is 26.1 Å². The van der Waals surface area contributed by atoms with Crippen LogP contribution in [0.2, 0.25) is 0 Å². The Labute approximate surface area is 173 Å². The number of rotatable bonds is 8. The molecule has 152 valence electrons. The molecule has 0 unspecified atom stereocenters. The van der Waals surface area contributed by atoms with E-state index in [0.717, 1.165) is 10.0 Å². The lowest BCUT2D eigenvalue weighted by Crippen LogP contribution is -2.30. The van der Waals surface area contributed by atoms with E-state index in [4.69, 9.17) is 9.26 Å². The van der Waals surface area contributed by atoms with Crippen molar-refractivity contribution < 1.29 is 18.8 Å². The number of nitrogens with zero attached hydrogens (tertiary/aromatic N) is 3. The van der Waals surface area contributed by atoms with Gasteiger partial charge in [-0.25, -0.2) is 0 Å². The van der Waals surface area contributed by atoms with E-state index in [0.29, 0.717) is 31.1 Å². The third-order valence-electron chi connectivity index (χ3n) is 4.06. The van der Waals surface area contributed by atoms with Crippen LogP contribution >= 0.6 is 15.9 Å². The van der Waals surface area contributed by atoms with E-state index in [1.54, 1.807) is 7.05 Å². The third kappa shape index (κ3) is 6.74. The van der Waals surface area contributed by atoms with Crippen molar-refractivity contribution in [3.05, 3.63) is 46.0 Å². The van der Waals surface area contributed by atoms with Crippen LogP contribution in [0.5, 0.6) is 0 Å². The van der Waals surface area contributed by atoms with Gasteiger partial charge in [-0.3, -0.25) is 9.59 Å². The Morgan fingerprint density at radius 2 is 1.96 bits per heavy atom. The van der Waals surface area contributed by atoms with Gasteiger partial charge in [0.25, 0.3) is 5.91 Å². The molecular formula is C20H26BrN3O4. The monoisotopic (exact) mass is 451 g/mol. The Balaban J connectivity index is 1.69. The summed E-state index contributed by atoms with van der Waals surface area (Å²) in [5.74, 6) is 0.472. The van der Waals surface area contributed by atoms with Gasteiger partial charge in [0.1, 0.15) is 0 Å². The van der Waals surface area contributed by atoms with Crippen molar-refractivity contribution in [3.63, 3.8) is 0 Å². The number of aryl methyl sites for hydroxylation is 1. The number of benzene rings is 1. The molecule has 0 saturated carbocycles. The Hall–Kier alpha value is -2.22. The van der Waals surface area contributed by atoms with Crippen LogP contribution in [0.4, 0.5) is 0 Å². The summed E-state index contributed by atoms with van der Waals surface area (Å²) in [6.45, 7) is 6.18. The summed E-state index contributed by atoms with van der Waals surface area (Å²) in [4.78, 5) is 29.9. The lowest BCUT2D eigenvalue weighted by molar-refractivity contribution is -0.151. The molecule has 1 aromatic heterocycles. The number of aromatic nitrogens is 2. The summed E-state index contributed by atoms with van der Waals surface area (Å²) in [5, 5.41) is 3.95. The highest BCUT2D eigenvalue weighted by atomic mass is 79.9. The van der Waals surface area contributed by atoms with Gasteiger partial charge in [0.2, 0.25) is 5.89 Å². The number of carbonyl (C=O) groups is 2. The molecule has 1 amide bonds. The van der Waals surface area contributed by atoms with Crippen LogP contribution in [0.25, 0.3) is 0 Å². The predicted molar refractivity (Wildman–Crippen MR) is 108 cm³/mol. The molecule has 0 radical (unpaired) electrons. The van der Waals surface area contributed by atoms with Gasteiger partial charge in [0.15, 0.2) is 12.4 Å². The second kappa shape index (κ2) is 9.82. The van der Waals surface area contributed by atoms with Gasteiger partial charge in [0.05, 0.1) is 0 Å². The molecular weight excluding hydrogens is 426 g/mol.